The zero-order valence-electron chi connectivity index (χ0n) is 13.5. The summed E-state index contributed by atoms with van der Waals surface area (Å²) >= 11 is 0. The van der Waals surface area contributed by atoms with Crippen LogP contribution in [0.5, 0.6) is 0 Å². The minimum absolute atomic E-state index is 0.325. The van der Waals surface area contributed by atoms with Gasteiger partial charge in [0.05, 0.1) is 12.5 Å². The third-order valence-electron chi connectivity index (χ3n) is 4.18. The van der Waals surface area contributed by atoms with Crippen LogP contribution in [-0.2, 0) is 11.2 Å². The maximum atomic E-state index is 12.2. The number of hydrogen-bond acceptors (Lipinski definition) is 3. The number of halogens is 3. The molecule has 132 valence electrons. The summed E-state index contributed by atoms with van der Waals surface area (Å²) in [5.41, 5.74) is 2.55. The number of rotatable bonds is 4. The topological polar surface area (TPSA) is 54.9 Å². The number of carbonyl (C=O) groups is 1. The van der Waals surface area contributed by atoms with Crippen molar-refractivity contribution >= 4 is 5.91 Å². The average Bonchev–Trinajstić information content (AvgIpc) is 2.60. The van der Waals surface area contributed by atoms with E-state index in [0.29, 0.717) is 12.2 Å². The maximum Gasteiger partial charge on any atom is 0.389 e. The fourth-order valence-corrected chi connectivity index (χ4v) is 2.94. The lowest BCUT2D eigenvalue weighted by Gasteiger charge is -2.25. The van der Waals surface area contributed by atoms with Crippen molar-refractivity contribution in [3.8, 4) is 11.4 Å². The summed E-state index contributed by atoms with van der Waals surface area (Å²) in [4.78, 5) is 20.8. The molecule has 0 fully saturated rings. The van der Waals surface area contributed by atoms with Gasteiger partial charge in [0.15, 0.2) is 5.82 Å². The van der Waals surface area contributed by atoms with Gasteiger partial charge in [-0.15, -0.1) is 0 Å². The first-order valence-electron chi connectivity index (χ1n) is 8.20. The Kier molecular flexibility index (Phi) is 5.01. The maximum absolute atomic E-state index is 12.2. The van der Waals surface area contributed by atoms with Gasteiger partial charge in [-0.25, -0.2) is 9.97 Å². The molecule has 1 aromatic heterocycles. The molecule has 0 saturated carbocycles. The largest absolute Gasteiger partial charge is 0.389 e. The first-order chi connectivity index (χ1) is 11.9. The van der Waals surface area contributed by atoms with E-state index >= 15 is 0 Å². The van der Waals surface area contributed by atoms with Gasteiger partial charge in [-0.1, -0.05) is 30.3 Å². The third-order valence-corrected chi connectivity index (χ3v) is 4.18. The highest BCUT2D eigenvalue weighted by atomic mass is 19.4. The Balaban J connectivity index is 1.73. The summed E-state index contributed by atoms with van der Waals surface area (Å²) in [6.45, 7) is 0. The van der Waals surface area contributed by atoms with E-state index in [4.69, 9.17) is 0 Å². The molecule has 25 heavy (non-hydrogen) atoms. The van der Waals surface area contributed by atoms with Crippen LogP contribution in [0.4, 0.5) is 13.2 Å². The smallest absolute Gasteiger partial charge is 0.349 e. The molecule has 1 aromatic carbocycles. The van der Waals surface area contributed by atoms with Crippen molar-refractivity contribution in [1.29, 1.82) is 0 Å². The average molecular weight is 349 g/mol. The summed E-state index contributed by atoms with van der Waals surface area (Å²) in [5, 5.41) is 2.69. The highest BCUT2D eigenvalue weighted by Gasteiger charge is 2.29. The van der Waals surface area contributed by atoms with Gasteiger partial charge in [0.1, 0.15) is 0 Å². The van der Waals surface area contributed by atoms with Crippen LogP contribution in [0.25, 0.3) is 11.4 Å². The second-order valence-electron chi connectivity index (χ2n) is 6.09. The van der Waals surface area contributed by atoms with Gasteiger partial charge in [-0.05, 0) is 19.3 Å². The summed E-state index contributed by atoms with van der Waals surface area (Å²) in [6.07, 6.45) is -2.04. The van der Waals surface area contributed by atoms with E-state index in [2.05, 4.69) is 15.3 Å². The van der Waals surface area contributed by atoms with E-state index in [9.17, 15) is 18.0 Å². The van der Waals surface area contributed by atoms with Crippen LogP contribution in [0.15, 0.2) is 36.5 Å². The number of alkyl halides is 3. The molecule has 1 amide bonds. The zero-order valence-corrected chi connectivity index (χ0v) is 13.5. The standard InChI is InChI=1S/C18H18F3N3O/c19-18(20,21)10-9-16(25)23-14-7-4-8-15-13(14)11-22-17(24-15)12-5-2-1-3-6-12/h1-3,5-6,11,14H,4,7-10H2,(H,23,25). The first kappa shape index (κ1) is 17.4. The van der Waals surface area contributed by atoms with Gasteiger partial charge >= 0.3 is 6.18 Å². The van der Waals surface area contributed by atoms with E-state index in [1.165, 1.54) is 0 Å². The van der Waals surface area contributed by atoms with Gasteiger partial charge in [-0.3, -0.25) is 4.79 Å². The fraction of sp³-hybridized carbons (Fsp3) is 0.389. The van der Waals surface area contributed by atoms with Gasteiger partial charge in [0.25, 0.3) is 0 Å². The van der Waals surface area contributed by atoms with Crippen LogP contribution in [0.3, 0.4) is 0 Å². The predicted octanol–water partition coefficient (Wildman–Crippen LogP) is 3.98. The molecule has 0 radical (unpaired) electrons. The molecule has 1 aliphatic carbocycles. The van der Waals surface area contributed by atoms with Crippen molar-refractivity contribution in [1.82, 2.24) is 15.3 Å². The van der Waals surface area contributed by atoms with Crippen molar-refractivity contribution < 1.29 is 18.0 Å². The molecular weight excluding hydrogens is 331 g/mol. The van der Waals surface area contributed by atoms with E-state index in [0.717, 1.165) is 29.7 Å². The second kappa shape index (κ2) is 7.21. The van der Waals surface area contributed by atoms with Crippen molar-refractivity contribution in [2.24, 2.45) is 0 Å². The number of hydrogen-bond donors (Lipinski definition) is 1. The van der Waals surface area contributed by atoms with Crippen LogP contribution in [0.2, 0.25) is 0 Å². The monoisotopic (exact) mass is 349 g/mol. The molecule has 1 atom stereocenters. The van der Waals surface area contributed by atoms with E-state index in [-0.39, 0.29) is 6.04 Å². The fourth-order valence-electron chi connectivity index (χ4n) is 2.94. The van der Waals surface area contributed by atoms with Crippen LogP contribution in [0.1, 0.15) is 43.0 Å². The minimum Gasteiger partial charge on any atom is -0.349 e. The van der Waals surface area contributed by atoms with E-state index < -0.39 is 24.9 Å². The predicted molar refractivity (Wildman–Crippen MR) is 86.6 cm³/mol. The summed E-state index contributed by atoms with van der Waals surface area (Å²) in [6, 6.07) is 9.23. The van der Waals surface area contributed by atoms with Gasteiger partial charge in [-0.2, -0.15) is 13.2 Å². The van der Waals surface area contributed by atoms with Gasteiger partial charge in [0, 0.05) is 29.4 Å². The Morgan fingerprint density at radius 2 is 2.00 bits per heavy atom. The lowest BCUT2D eigenvalue weighted by Crippen LogP contribution is -2.32. The molecule has 7 heteroatoms. The molecule has 1 unspecified atom stereocenters. The van der Waals surface area contributed by atoms with Gasteiger partial charge < -0.3 is 5.32 Å². The zero-order chi connectivity index (χ0) is 17.9. The molecule has 0 bridgehead atoms. The number of benzene rings is 1. The molecule has 0 spiro atoms. The Morgan fingerprint density at radius 1 is 1.24 bits per heavy atom. The molecule has 0 aliphatic heterocycles. The molecule has 0 saturated heterocycles. The number of aryl methyl sites for hydroxylation is 1. The summed E-state index contributed by atoms with van der Waals surface area (Å²) in [7, 11) is 0. The highest BCUT2D eigenvalue weighted by molar-refractivity contribution is 5.76. The van der Waals surface area contributed by atoms with Crippen LogP contribution < -0.4 is 5.32 Å². The van der Waals surface area contributed by atoms with Gasteiger partial charge in [0.2, 0.25) is 5.91 Å². The molecule has 4 nitrogen and oxygen atoms in total. The Bertz CT molecular complexity index is 747. The van der Waals surface area contributed by atoms with E-state index in [1.807, 2.05) is 30.3 Å². The number of nitrogens with zero attached hydrogens (tertiary/aromatic N) is 2. The van der Waals surface area contributed by atoms with Crippen molar-refractivity contribution in [2.75, 3.05) is 0 Å². The minimum atomic E-state index is -4.32. The van der Waals surface area contributed by atoms with E-state index in [1.54, 1.807) is 6.20 Å². The lowest BCUT2D eigenvalue weighted by molar-refractivity contribution is -0.144. The third kappa shape index (κ3) is 4.55. The summed E-state index contributed by atoms with van der Waals surface area (Å²) < 4.78 is 36.7. The molecule has 1 aliphatic rings. The molecule has 1 N–H and O–H groups in total. The molecule has 2 aromatic rings. The second-order valence-corrected chi connectivity index (χ2v) is 6.09. The molecular formula is C18H18F3N3O. The Morgan fingerprint density at radius 3 is 2.72 bits per heavy atom. The number of amides is 1. The van der Waals surface area contributed by atoms with Crippen molar-refractivity contribution in [3.05, 3.63) is 47.8 Å². The molecule has 3 rings (SSSR count). The highest BCUT2D eigenvalue weighted by Crippen LogP contribution is 2.30. The Labute approximate surface area is 143 Å². The normalized spacial score (nSPS) is 17.0. The lowest BCUT2D eigenvalue weighted by atomic mass is 9.92. The van der Waals surface area contributed by atoms with Crippen LogP contribution in [-0.4, -0.2) is 22.1 Å². The van der Waals surface area contributed by atoms with Crippen LogP contribution >= 0.6 is 0 Å². The molecule has 1 heterocycles. The summed E-state index contributed by atoms with van der Waals surface area (Å²) in [5.74, 6) is 0.0192. The Hall–Kier alpha value is -2.44. The quantitative estimate of drug-likeness (QED) is 0.908. The van der Waals surface area contributed by atoms with Crippen molar-refractivity contribution in [3.63, 3.8) is 0 Å². The van der Waals surface area contributed by atoms with Crippen LogP contribution in [0, 0.1) is 0 Å². The number of nitrogens with one attached hydrogen (secondary N) is 1. The number of carbonyl (C=O) groups excluding carboxylic acids is 1. The number of aromatic nitrogens is 2. The van der Waals surface area contributed by atoms with Crippen molar-refractivity contribution in [2.45, 2.75) is 44.3 Å². The number of fused-ring (bicyclic) bond motifs is 1. The first-order valence-corrected chi connectivity index (χ1v) is 8.20. The SMILES string of the molecule is O=C(CCC(F)(F)F)NC1CCCc2nc(-c3ccccc3)ncc21.